The molecule has 0 aromatic heterocycles. The monoisotopic (exact) mass is 294 g/mol. The predicted octanol–water partition coefficient (Wildman–Crippen LogP) is 3.81. The molecule has 0 saturated heterocycles. The van der Waals surface area contributed by atoms with Crippen LogP contribution in [0.4, 0.5) is 21.5 Å². The molecule has 0 aliphatic rings. The molecule has 4 nitrogen and oxygen atoms in total. The number of nitrogens with one attached hydrogen (secondary N) is 1. The summed E-state index contributed by atoms with van der Waals surface area (Å²) in [6.07, 6.45) is 0. The summed E-state index contributed by atoms with van der Waals surface area (Å²) in [7, 11) is 0. The van der Waals surface area contributed by atoms with Gasteiger partial charge in [0.2, 0.25) is 0 Å². The van der Waals surface area contributed by atoms with Crippen LogP contribution in [0.3, 0.4) is 0 Å². The molecule has 0 unspecified atom stereocenters. The zero-order valence-electron chi connectivity index (χ0n) is 10.6. The normalized spacial score (nSPS) is 10.3. The Morgan fingerprint density at radius 3 is 2.65 bits per heavy atom. The molecule has 6 heteroatoms. The van der Waals surface area contributed by atoms with E-state index < -0.39 is 17.5 Å². The van der Waals surface area contributed by atoms with Gasteiger partial charge in [-0.05, 0) is 36.8 Å². The number of aryl methyl sites for hydroxylation is 1. The standard InChI is InChI=1S/C14H12ClFN2O2/c1-7-2-3-8(15)11(6-7)18-10-5-4-9(16)13(17)12(10)14(19)20/h2-6,18H,17H2,1H3,(H,19,20). The molecule has 0 atom stereocenters. The van der Waals surface area contributed by atoms with Gasteiger partial charge >= 0.3 is 5.97 Å². The van der Waals surface area contributed by atoms with Crippen molar-refractivity contribution in [2.24, 2.45) is 0 Å². The second-order valence-corrected chi connectivity index (χ2v) is 4.70. The molecule has 0 heterocycles. The number of benzene rings is 2. The average Bonchev–Trinajstić information content (AvgIpc) is 2.38. The first-order chi connectivity index (χ1) is 9.40. The van der Waals surface area contributed by atoms with Crippen LogP contribution < -0.4 is 11.1 Å². The third kappa shape index (κ3) is 2.67. The Balaban J connectivity index is 2.51. The number of carboxylic acid groups (broad SMARTS) is 1. The molecule has 0 radical (unpaired) electrons. The zero-order valence-corrected chi connectivity index (χ0v) is 11.3. The summed E-state index contributed by atoms with van der Waals surface area (Å²) in [6, 6.07) is 7.69. The van der Waals surface area contributed by atoms with E-state index in [1.54, 1.807) is 12.1 Å². The molecule has 104 valence electrons. The van der Waals surface area contributed by atoms with Crippen LogP contribution in [-0.2, 0) is 0 Å². The Kier molecular flexibility index (Phi) is 3.81. The van der Waals surface area contributed by atoms with Gasteiger partial charge in [0.15, 0.2) is 0 Å². The van der Waals surface area contributed by atoms with Gasteiger partial charge < -0.3 is 16.2 Å². The van der Waals surface area contributed by atoms with Gasteiger partial charge in [-0.25, -0.2) is 9.18 Å². The molecule has 0 bridgehead atoms. The molecule has 20 heavy (non-hydrogen) atoms. The van der Waals surface area contributed by atoms with E-state index in [-0.39, 0.29) is 11.3 Å². The number of carboxylic acids is 1. The Morgan fingerprint density at radius 1 is 1.30 bits per heavy atom. The van der Waals surface area contributed by atoms with Crippen LogP contribution in [0, 0.1) is 12.7 Å². The molecule has 2 rings (SSSR count). The van der Waals surface area contributed by atoms with Crippen LogP contribution in [0.15, 0.2) is 30.3 Å². The number of nitrogen functional groups attached to an aromatic ring is 1. The summed E-state index contributed by atoms with van der Waals surface area (Å²) in [5.74, 6) is -2.09. The highest BCUT2D eigenvalue weighted by atomic mass is 35.5. The summed E-state index contributed by atoms with van der Waals surface area (Å²) in [6.45, 7) is 1.87. The van der Waals surface area contributed by atoms with E-state index in [1.165, 1.54) is 6.07 Å². The van der Waals surface area contributed by atoms with Gasteiger partial charge in [0, 0.05) is 0 Å². The Labute approximate surface area is 120 Å². The maximum Gasteiger partial charge on any atom is 0.340 e. The molecule has 0 saturated carbocycles. The van der Waals surface area contributed by atoms with Crippen LogP contribution in [0.1, 0.15) is 15.9 Å². The van der Waals surface area contributed by atoms with E-state index >= 15 is 0 Å². The summed E-state index contributed by atoms with van der Waals surface area (Å²) in [4.78, 5) is 11.2. The van der Waals surface area contributed by atoms with Gasteiger partial charge in [0.1, 0.15) is 11.4 Å². The molecule has 0 aliphatic carbocycles. The van der Waals surface area contributed by atoms with E-state index in [1.807, 2.05) is 13.0 Å². The lowest BCUT2D eigenvalue weighted by molar-refractivity contribution is 0.0698. The minimum Gasteiger partial charge on any atom is -0.478 e. The van der Waals surface area contributed by atoms with Gasteiger partial charge in [0.05, 0.1) is 22.1 Å². The second kappa shape index (κ2) is 5.38. The van der Waals surface area contributed by atoms with Crippen molar-refractivity contribution in [3.05, 3.63) is 52.3 Å². The summed E-state index contributed by atoms with van der Waals surface area (Å²) in [5, 5.41) is 12.5. The maximum absolute atomic E-state index is 13.4. The zero-order chi connectivity index (χ0) is 14.9. The van der Waals surface area contributed by atoms with E-state index in [0.717, 1.165) is 11.6 Å². The van der Waals surface area contributed by atoms with Crippen molar-refractivity contribution in [3.63, 3.8) is 0 Å². The average molecular weight is 295 g/mol. The lowest BCUT2D eigenvalue weighted by atomic mass is 10.1. The SMILES string of the molecule is Cc1ccc(Cl)c(Nc2ccc(F)c(N)c2C(=O)O)c1. The number of rotatable bonds is 3. The number of anilines is 3. The van der Waals surface area contributed by atoms with Crippen molar-refractivity contribution >= 4 is 34.6 Å². The number of hydrogen-bond donors (Lipinski definition) is 3. The van der Waals surface area contributed by atoms with Crippen molar-refractivity contribution in [2.75, 3.05) is 11.1 Å². The maximum atomic E-state index is 13.4. The quantitative estimate of drug-likeness (QED) is 0.752. The topological polar surface area (TPSA) is 75.3 Å². The lowest BCUT2D eigenvalue weighted by Gasteiger charge is -2.13. The van der Waals surface area contributed by atoms with E-state index in [4.69, 9.17) is 22.4 Å². The van der Waals surface area contributed by atoms with Crippen LogP contribution in [0.2, 0.25) is 5.02 Å². The van der Waals surface area contributed by atoms with Crippen LogP contribution >= 0.6 is 11.6 Å². The second-order valence-electron chi connectivity index (χ2n) is 4.30. The van der Waals surface area contributed by atoms with Gasteiger partial charge in [-0.15, -0.1) is 0 Å². The molecule has 2 aromatic rings. The molecule has 0 spiro atoms. The van der Waals surface area contributed by atoms with Gasteiger partial charge in [-0.1, -0.05) is 17.7 Å². The Morgan fingerprint density at radius 2 is 2.00 bits per heavy atom. The highest BCUT2D eigenvalue weighted by Crippen LogP contribution is 2.31. The molecule has 0 amide bonds. The van der Waals surface area contributed by atoms with E-state index in [9.17, 15) is 9.18 Å². The van der Waals surface area contributed by atoms with Crippen molar-refractivity contribution in [3.8, 4) is 0 Å². The Hall–Kier alpha value is -2.27. The summed E-state index contributed by atoms with van der Waals surface area (Å²) in [5.41, 5.74) is 6.41. The highest BCUT2D eigenvalue weighted by molar-refractivity contribution is 6.33. The van der Waals surface area contributed by atoms with E-state index in [0.29, 0.717) is 10.7 Å². The third-order valence-electron chi connectivity index (χ3n) is 2.80. The number of nitrogens with two attached hydrogens (primary N) is 1. The van der Waals surface area contributed by atoms with Crippen LogP contribution in [0.25, 0.3) is 0 Å². The first kappa shape index (κ1) is 14.1. The van der Waals surface area contributed by atoms with Gasteiger partial charge in [-0.2, -0.15) is 0 Å². The van der Waals surface area contributed by atoms with Crippen molar-refractivity contribution in [1.82, 2.24) is 0 Å². The fraction of sp³-hybridized carbons (Fsp3) is 0.0714. The number of halogens is 2. The molecule has 0 aliphatic heterocycles. The highest BCUT2D eigenvalue weighted by Gasteiger charge is 2.18. The first-order valence-corrected chi connectivity index (χ1v) is 6.12. The molecular formula is C14H12ClFN2O2. The number of aromatic carboxylic acids is 1. The Bertz CT molecular complexity index is 689. The minimum absolute atomic E-state index is 0.184. The summed E-state index contributed by atoms with van der Waals surface area (Å²) >= 11 is 6.03. The summed E-state index contributed by atoms with van der Waals surface area (Å²) < 4.78 is 13.4. The molecule has 4 N–H and O–H groups in total. The smallest absolute Gasteiger partial charge is 0.340 e. The number of hydrogen-bond acceptors (Lipinski definition) is 3. The predicted molar refractivity (Wildman–Crippen MR) is 77.2 cm³/mol. The molecular weight excluding hydrogens is 283 g/mol. The number of carbonyl (C=O) groups is 1. The van der Waals surface area contributed by atoms with Gasteiger partial charge in [0.25, 0.3) is 0 Å². The largest absolute Gasteiger partial charge is 0.478 e. The first-order valence-electron chi connectivity index (χ1n) is 5.74. The van der Waals surface area contributed by atoms with E-state index in [2.05, 4.69) is 5.32 Å². The fourth-order valence-corrected chi connectivity index (χ4v) is 1.97. The van der Waals surface area contributed by atoms with Crippen LogP contribution in [0.5, 0.6) is 0 Å². The fourth-order valence-electron chi connectivity index (χ4n) is 1.81. The molecule has 0 fully saturated rings. The van der Waals surface area contributed by atoms with Crippen LogP contribution in [-0.4, -0.2) is 11.1 Å². The van der Waals surface area contributed by atoms with Crippen molar-refractivity contribution in [2.45, 2.75) is 6.92 Å². The lowest BCUT2D eigenvalue weighted by Crippen LogP contribution is -2.09. The third-order valence-corrected chi connectivity index (χ3v) is 3.13. The molecule has 2 aromatic carbocycles. The van der Waals surface area contributed by atoms with Gasteiger partial charge in [-0.3, -0.25) is 0 Å². The van der Waals surface area contributed by atoms with Crippen molar-refractivity contribution in [1.29, 1.82) is 0 Å². The van der Waals surface area contributed by atoms with Crippen molar-refractivity contribution < 1.29 is 14.3 Å². The minimum atomic E-state index is -1.31.